The number of rotatable bonds is 16. The van der Waals surface area contributed by atoms with Crippen molar-refractivity contribution in [3.63, 3.8) is 0 Å². The van der Waals surface area contributed by atoms with Gasteiger partial charge in [0.25, 0.3) is 10.0 Å². The van der Waals surface area contributed by atoms with E-state index >= 15 is 0 Å². The fourth-order valence-corrected chi connectivity index (χ4v) is 5.51. The lowest BCUT2D eigenvalue weighted by Crippen LogP contribution is -2.33. The molecule has 1 aliphatic heterocycles. The Morgan fingerprint density at radius 3 is 2.17 bits per heavy atom. The predicted octanol–water partition coefficient (Wildman–Crippen LogP) is 7.84. The summed E-state index contributed by atoms with van der Waals surface area (Å²) in [7, 11) is -4.14. The Kier molecular flexibility index (Phi) is 12.0. The van der Waals surface area contributed by atoms with Crippen molar-refractivity contribution in [1.82, 2.24) is 4.31 Å². The Hall–Kier alpha value is -2.78. The van der Waals surface area contributed by atoms with E-state index < -0.39 is 21.7 Å². The SMILES string of the molecule is C#CC1(CCCCCCC/C=C\C/C=C\CCCCC)OC(=O)N(S(=O)(=O)c2ccc(C)cc2)C1=C. The van der Waals surface area contributed by atoms with Crippen molar-refractivity contribution >= 4 is 16.1 Å². The van der Waals surface area contributed by atoms with Gasteiger partial charge in [-0.15, -0.1) is 6.42 Å². The molecule has 0 bridgehead atoms. The van der Waals surface area contributed by atoms with Gasteiger partial charge in [-0.05, 0) is 57.6 Å². The first-order chi connectivity index (χ1) is 17.3. The maximum absolute atomic E-state index is 13.1. The summed E-state index contributed by atoms with van der Waals surface area (Å²) in [5.74, 6) is 2.51. The molecule has 5 nitrogen and oxygen atoms in total. The first kappa shape index (κ1) is 29.5. The number of benzene rings is 1. The Morgan fingerprint density at radius 1 is 0.972 bits per heavy atom. The van der Waals surface area contributed by atoms with Crippen LogP contribution in [0.1, 0.15) is 89.5 Å². The Morgan fingerprint density at radius 2 is 1.56 bits per heavy atom. The van der Waals surface area contributed by atoms with Crippen molar-refractivity contribution in [1.29, 1.82) is 0 Å². The van der Waals surface area contributed by atoms with Gasteiger partial charge in [-0.2, -0.15) is 4.31 Å². The van der Waals surface area contributed by atoms with Crippen LogP contribution in [0.25, 0.3) is 0 Å². The van der Waals surface area contributed by atoms with E-state index in [1.165, 1.54) is 37.8 Å². The van der Waals surface area contributed by atoms with Crippen molar-refractivity contribution in [3.05, 3.63) is 66.4 Å². The molecule has 0 spiro atoms. The molecule has 1 aromatic carbocycles. The Labute approximate surface area is 218 Å². The van der Waals surface area contributed by atoms with E-state index in [9.17, 15) is 13.2 Å². The summed E-state index contributed by atoms with van der Waals surface area (Å²) in [6, 6.07) is 6.27. The lowest BCUT2D eigenvalue weighted by molar-refractivity contribution is 0.100. The summed E-state index contributed by atoms with van der Waals surface area (Å²) in [6.45, 7) is 7.93. The molecular weight excluding hydrogens is 470 g/mol. The van der Waals surface area contributed by atoms with Crippen LogP contribution >= 0.6 is 0 Å². The number of terminal acetylenes is 1. The zero-order valence-electron chi connectivity index (χ0n) is 21.9. The number of sulfonamides is 1. The van der Waals surface area contributed by atoms with E-state index in [-0.39, 0.29) is 10.6 Å². The van der Waals surface area contributed by atoms with Crippen LogP contribution in [-0.2, 0) is 14.8 Å². The van der Waals surface area contributed by atoms with Gasteiger partial charge < -0.3 is 4.74 Å². The highest BCUT2D eigenvalue weighted by Gasteiger charge is 2.52. The molecule has 0 radical (unpaired) electrons. The molecule has 0 saturated carbocycles. The topological polar surface area (TPSA) is 63.7 Å². The summed E-state index contributed by atoms with van der Waals surface area (Å²) >= 11 is 0. The smallest absolute Gasteiger partial charge is 0.423 e. The summed E-state index contributed by atoms with van der Waals surface area (Å²) in [5.41, 5.74) is -0.530. The third-order valence-electron chi connectivity index (χ3n) is 6.41. The first-order valence-electron chi connectivity index (χ1n) is 13.1. The van der Waals surface area contributed by atoms with E-state index in [1.54, 1.807) is 12.1 Å². The third-order valence-corrected chi connectivity index (χ3v) is 8.13. The molecule has 0 aliphatic carbocycles. The molecule has 1 saturated heterocycles. The second-order valence-electron chi connectivity index (χ2n) is 9.35. The van der Waals surface area contributed by atoms with E-state index in [0.29, 0.717) is 17.1 Å². The molecule has 2 rings (SSSR count). The van der Waals surface area contributed by atoms with Crippen LogP contribution in [0.3, 0.4) is 0 Å². The number of aryl methyl sites for hydroxylation is 1. The quantitative estimate of drug-likeness (QED) is 0.129. The Balaban J connectivity index is 1.74. The zero-order valence-corrected chi connectivity index (χ0v) is 22.7. The summed E-state index contributed by atoms with van der Waals surface area (Å²) < 4.78 is 32.2. The summed E-state index contributed by atoms with van der Waals surface area (Å²) in [5, 5.41) is 0. The molecule has 36 heavy (non-hydrogen) atoms. The average molecular weight is 512 g/mol. The number of cyclic esters (lactones) is 1. The number of amides is 1. The second-order valence-corrected chi connectivity index (χ2v) is 11.1. The van der Waals surface area contributed by atoms with Crippen molar-refractivity contribution in [2.45, 2.75) is 101 Å². The molecule has 1 unspecified atom stereocenters. The van der Waals surface area contributed by atoms with Crippen LogP contribution in [0.5, 0.6) is 0 Å². The number of nitrogens with zero attached hydrogens (tertiary/aromatic N) is 1. The average Bonchev–Trinajstić information content (AvgIpc) is 3.11. The molecule has 1 heterocycles. The molecular formula is C30H41NO4S. The molecule has 1 aliphatic rings. The maximum Gasteiger partial charge on any atom is 0.430 e. The molecule has 1 atom stereocenters. The molecule has 6 heteroatoms. The molecule has 196 valence electrons. The number of carbonyl (C=O) groups excluding carboxylic acids is 1. The highest BCUT2D eigenvalue weighted by molar-refractivity contribution is 7.89. The second kappa shape index (κ2) is 14.7. The van der Waals surface area contributed by atoms with Crippen molar-refractivity contribution in [3.8, 4) is 12.3 Å². The number of allylic oxidation sites excluding steroid dienone is 4. The van der Waals surface area contributed by atoms with E-state index in [4.69, 9.17) is 11.2 Å². The maximum atomic E-state index is 13.1. The number of carbonyl (C=O) groups is 1. The first-order valence-corrected chi connectivity index (χ1v) is 14.5. The number of hydrogen-bond donors (Lipinski definition) is 0. The van der Waals surface area contributed by atoms with Gasteiger partial charge in [-0.1, -0.05) is 93.5 Å². The molecule has 1 amide bonds. The van der Waals surface area contributed by atoms with Crippen LogP contribution < -0.4 is 0 Å². The molecule has 1 fully saturated rings. The Bertz CT molecular complexity index is 1060. The lowest BCUT2D eigenvalue weighted by Gasteiger charge is -2.22. The molecule has 1 aromatic rings. The minimum absolute atomic E-state index is 0.00364. The fourth-order valence-electron chi connectivity index (χ4n) is 4.15. The van der Waals surface area contributed by atoms with E-state index in [0.717, 1.165) is 44.1 Å². The van der Waals surface area contributed by atoms with Crippen LogP contribution in [0, 0.1) is 19.3 Å². The molecule has 0 N–H and O–H groups in total. The van der Waals surface area contributed by atoms with Crippen molar-refractivity contribution < 1.29 is 17.9 Å². The lowest BCUT2D eigenvalue weighted by atomic mass is 9.94. The largest absolute Gasteiger partial charge is 0.430 e. The number of hydrogen-bond acceptors (Lipinski definition) is 4. The van der Waals surface area contributed by atoms with Crippen LogP contribution in [0.2, 0.25) is 0 Å². The zero-order chi connectivity index (χ0) is 26.4. The summed E-state index contributed by atoms with van der Waals surface area (Å²) in [4.78, 5) is 12.6. The van der Waals surface area contributed by atoms with Crippen LogP contribution in [0.4, 0.5) is 4.79 Å². The minimum Gasteiger partial charge on any atom is -0.423 e. The van der Waals surface area contributed by atoms with Gasteiger partial charge in [0.05, 0.1) is 10.6 Å². The minimum atomic E-state index is -4.14. The van der Waals surface area contributed by atoms with Gasteiger partial charge in [0.1, 0.15) is 0 Å². The van der Waals surface area contributed by atoms with Gasteiger partial charge in [-0.25, -0.2) is 13.2 Å². The van der Waals surface area contributed by atoms with Gasteiger partial charge >= 0.3 is 6.09 Å². The molecule has 0 aromatic heterocycles. The number of ether oxygens (including phenoxy) is 1. The van der Waals surface area contributed by atoms with Crippen LogP contribution in [-0.4, -0.2) is 24.4 Å². The van der Waals surface area contributed by atoms with Gasteiger partial charge in [0.2, 0.25) is 5.60 Å². The normalized spacial score (nSPS) is 18.3. The summed E-state index contributed by atoms with van der Waals surface area (Å²) in [6.07, 6.45) is 26.1. The highest BCUT2D eigenvalue weighted by atomic mass is 32.2. The highest BCUT2D eigenvalue weighted by Crippen LogP contribution is 2.39. The van der Waals surface area contributed by atoms with E-state index in [1.807, 2.05) is 6.92 Å². The van der Waals surface area contributed by atoms with Crippen molar-refractivity contribution in [2.75, 3.05) is 0 Å². The van der Waals surface area contributed by atoms with E-state index in [2.05, 4.69) is 43.7 Å². The van der Waals surface area contributed by atoms with Crippen molar-refractivity contribution in [2.24, 2.45) is 0 Å². The third kappa shape index (κ3) is 8.13. The monoisotopic (exact) mass is 511 g/mol. The number of unbranched alkanes of at least 4 members (excludes halogenated alkanes) is 8. The predicted molar refractivity (Wildman–Crippen MR) is 147 cm³/mol. The fraction of sp³-hybridized carbons (Fsp3) is 0.500. The van der Waals surface area contributed by atoms with Gasteiger partial charge in [0, 0.05) is 6.42 Å². The van der Waals surface area contributed by atoms with Gasteiger partial charge in [0.15, 0.2) is 0 Å². The standard InChI is InChI=1S/C30H41NO4S/c1-5-7-8-9-10-11-12-13-14-15-16-17-18-19-20-25-30(6-2)27(4)31(29(32)35-30)36(33,34)28-23-21-26(3)22-24-28/h2,10-11,13-14,21-24H,4-5,7-9,12,15-20,25H2,1,3H3/b11-10-,14-13-. The van der Waals surface area contributed by atoms with Crippen LogP contribution in [0.15, 0.2) is 65.7 Å². The van der Waals surface area contributed by atoms with Gasteiger partial charge in [-0.3, -0.25) is 0 Å².